The first-order valence-corrected chi connectivity index (χ1v) is 9.27. The standard InChI is InChI=1S/C20H26N2O6/c1-4-21-18(23)11-22-19(24)12-27-20(25)7-6-14-9-17-15(8-13(3)28-17)10-16(14)26-5-2/h6-7,9-10,13H,4-5,8,11-12H2,1-3H3,(H,21,23)(H,22,24)/b7-6+/t13-/m0/s1. The molecule has 8 heteroatoms. The highest BCUT2D eigenvalue weighted by Crippen LogP contribution is 2.35. The Balaban J connectivity index is 1.90. The highest BCUT2D eigenvalue weighted by molar-refractivity contribution is 5.90. The molecule has 0 fully saturated rings. The van der Waals surface area contributed by atoms with Crippen LogP contribution in [0.25, 0.3) is 6.08 Å². The summed E-state index contributed by atoms with van der Waals surface area (Å²) < 4.78 is 16.3. The third-order valence-electron chi connectivity index (χ3n) is 3.89. The monoisotopic (exact) mass is 390 g/mol. The van der Waals surface area contributed by atoms with Gasteiger partial charge in [0.25, 0.3) is 5.91 Å². The molecule has 0 saturated heterocycles. The quantitative estimate of drug-likeness (QED) is 0.485. The van der Waals surface area contributed by atoms with Crippen LogP contribution < -0.4 is 20.1 Å². The topological polar surface area (TPSA) is 103 Å². The number of carbonyl (C=O) groups is 3. The Kier molecular flexibility index (Phi) is 7.86. The van der Waals surface area contributed by atoms with Gasteiger partial charge >= 0.3 is 5.97 Å². The van der Waals surface area contributed by atoms with Crippen molar-refractivity contribution in [1.82, 2.24) is 10.6 Å². The predicted octanol–water partition coefficient (Wildman–Crippen LogP) is 1.22. The van der Waals surface area contributed by atoms with Gasteiger partial charge in [0, 0.05) is 30.2 Å². The van der Waals surface area contributed by atoms with Crippen LogP contribution in [0.4, 0.5) is 0 Å². The van der Waals surface area contributed by atoms with Gasteiger partial charge in [-0.3, -0.25) is 9.59 Å². The molecule has 2 rings (SSSR count). The number of esters is 1. The van der Waals surface area contributed by atoms with Crippen LogP contribution >= 0.6 is 0 Å². The van der Waals surface area contributed by atoms with E-state index in [1.165, 1.54) is 6.08 Å². The van der Waals surface area contributed by atoms with E-state index in [4.69, 9.17) is 14.2 Å². The van der Waals surface area contributed by atoms with Crippen molar-refractivity contribution in [3.63, 3.8) is 0 Å². The Bertz CT molecular complexity index is 759. The zero-order valence-electron chi connectivity index (χ0n) is 16.4. The molecular weight excluding hydrogens is 364 g/mol. The third-order valence-corrected chi connectivity index (χ3v) is 3.89. The van der Waals surface area contributed by atoms with Crippen molar-refractivity contribution in [3.8, 4) is 11.5 Å². The second-order valence-corrected chi connectivity index (χ2v) is 6.23. The van der Waals surface area contributed by atoms with Gasteiger partial charge in [0.2, 0.25) is 5.91 Å². The Morgan fingerprint density at radius 2 is 2.00 bits per heavy atom. The maximum atomic E-state index is 11.9. The first-order valence-electron chi connectivity index (χ1n) is 9.27. The van der Waals surface area contributed by atoms with E-state index < -0.39 is 18.5 Å². The molecule has 1 aromatic carbocycles. The number of ether oxygens (including phenoxy) is 3. The fourth-order valence-electron chi connectivity index (χ4n) is 2.70. The van der Waals surface area contributed by atoms with Crippen LogP contribution in [0.2, 0.25) is 0 Å². The van der Waals surface area contributed by atoms with Gasteiger partial charge in [-0.05, 0) is 39.0 Å². The van der Waals surface area contributed by atoms with Gasteiger partial charge in [0.05, 0.1) is 13.2 Å². The van der Waals surface area contributed by atoms with Crippen molar-refractivity contribution in [2.45, 2.75) is 33.3 Å². The molecule has 1 heterocycles. The van der Waals surface area contributed by atoms with Crippen LogP contribution in [0.5, 0.6) is 11.5 Å². The molecule has 1 aliphatic rings. The van der Waals surface area contributed by atoms with Crippen molar-refractivity contribution in [2.24, 2.45) is 0 Å². The number of hydrogen-bond acceptors (Lipinski definition) is 6. The molecule has 0 spiro atoms. The van der Waals surface area contributed by atoms with Gasteiger partial charge in [-0.15, -0.1) is 0 Å². The van der Waals surface area contributed by atoms with Crippen LogP contribution in [0, 0.1) is 0 Å². The largest absolute Gasteiger partial charge is 0.493 e. The number of benzene rings is 1. The molecule has 1 aliphatic heterocycles. The molecule has 28 heavy (non-hydrogen) atoms. The summed E-state index contributed by atoms with van der Waals surface area (Å²) in [5.41, 5.74) is 1.76. The maximum Gasteiger partial charge on any atom is 0.331 e. The molecule has 0 bridgehead atoms. The Labute approximate surface area is 164 Å². The highest BCUT2D eigenvalue weighted by Gasteiger charge is 2.21. The molecule has 152 valence electrons. The van der Waals surface area contributed by atoms with Crippen molar-refractivity contribution in [3.05, 3.63) is 29.3 Å². The fourth-order valence-corrected chi connectivity index (χ4v) is 2.70. The molecule has 1 atom stereocenters. The first-order chi connectivity index (χ1) is 13.4. The summed E-state index contributed by atoms with van der Waals surface area (Å²) in [6.07, 6.45) is 3.70. The molecule has 2 N–H and O–H groups in total. The number of likely N-dealkylation sites (N-methyl/N-ethyl adjacent to an activating group) is 1. The molecule has 0 aliphatic carbocycles. The van der Waals surface area contributed by atoms with E-state index in [-0.39, 0.29) is 18.6 Å². The fraction of sp³-hybridized carbons (Fsp3) is 0.450. The molecule has 0 radical (unpaired) electrons. The average molecular weight is 390 g/mol. The second-order valence-electron chi connectivity index (χ2n) is 6.23. The Hall–Kier alpha value is -3.03. The van der Waals surface area contributed by atoms with E-state index in [0.717, 1.165) is 17.7 Å². The van der Waals surface area contributed by atoms with Crippen LogP contribution in [-0.2, 0) is 25.5 Å². The van der Waals surface area contributed by atoms with Crippen LogP contribution in [0.3, 0.4) is 0 Å². The molecule has 0 saturated carbocycles. The zero-order valence-corrected chi connectivity index (χ0v) is 16.4. The van der Waals surface area contributed by atoms with Crippen molar-refractivity contribution in [2.75, 3.05) is 26.3 Å². The molecule has 0 unspecified atom stereocenters. The molecule has 1 aromatic rings. The SMILES string of the molecule is CCNC(=O)CNC(=O)COC(=O)/C=C/c1cc2c(cc1OCC)C[C@H](C)O2. The smallest absolute Gasteiger partial charge is 0.331 e. The van der Waals surface area contributed by atoms with Gasteiger partial charge in [0.1, 0.15) is 17.6 Å². The predicted molar refractivity (Wildman–Crippen MR) is 103 cm³/mol. The van der Waals surface area contributed by atoms with E-state index in [0.29, 0.717) is 24.5 Å². The lowest BCUT2D eigenvalue weighted by molar-refractivity contribution is -0.143. The lowest BCUT2D eigenvalue weighted by Gasteiger charge is -2.10. The molecule has 2 amide bonds. The summed E-state index contributed by atoms with van der Waals surface area (Å²) in [5.74, 6) is -0.108. The van der Waals surface area contributed by atoms with Gasteiger partial charge < -0.3 is 24.8 Å². The summed E-state index contributed by atoms with van der Waals surface area (Å²) in [4.78, 5) is 34.7. The van der Waals surface area contributed by atoms with Gasteiger partial charge in [-0.1, -0.05) is 0 Å². The minimum absolute atomic E-state index is 0.103. The van der Waals surface area contributed by atoms with Crippen molar-refractivity contribution in [1.29, 1.82) is 0 Å². The summed E-state index contributed by atoms with van der Waals surface area (Å²) in [6, 6.07) is 3.74. The van der Waals surface area contributed by atoms with Crippen molar-refractivity contribution < 1.29 is 28.6 Å². The molecule has 8 nitrogen and oxygen atoms in total. The Morgan fingerprint density at radius 3 is 2.71 bits per heavy atom. The van der Waals surface area contributed by atoms with E-state index >= 15 is 0 Å². The van der Waals surface area contributed by atoms with Crippen LogP contribution in [-0.4, -0.2) is 50.2 Å². The van der Waals surface area contributed by atoms with E-state index in [1.807, 2.05) is 26.0 Å². The summed E-state index contributed by atoms with van der Waals surface area (Å²) in [5, 5.41) is 4.91. The van der Waals surface area contributed by atoms with Gasteiger partial charge in [-0.25, -0.2) is 4.79 Å². The van der Waals surface area contributed by atoms with E-state index in [2.05, 4.69) is 10.6 Å². The minimum Gasteiger partial charge on any atom is -0.493 e. The summed E-state index contributed by atoms with van der Waals surface area (Å²) in [7, 11) is 0. The number of rotatable bonds is 9. The van der Waals surface area contributed by atoms with Gasteiger partial charge in [-0.2, -0.15) is 0 Å². The van der Waals surface area contributed by atoms with Crippen molar-refractivity contribution >= 4 is 23.9 Å². The maximum absolute atomic E-state index is 11.9. The van der Waals surface area contributed by atoms with Crippen LogP contribution in [0.15, 0.2) is 18.2 Å². The van der Waals surface area contributed by atoms with Gasteiger partial charge in [0.15, 0.2) is 6.61 Å². The average Bonchev–Trinajstić information content (AvgIpc) is 3.02. The number of carbonyl (C=O) groups excluding carboxylic acids is 3. The normalized spacial score (nSPS) is 14.9. The van der Waals surface area contributed by atoms with E-state index in [1.54, 1.807) is 13.0 Å². The van der Waals surface area contributed by atoms with Crippen LogP contribution in [0.1, 0.15) is 31.9 Å². The highest BCUT2D eigenvalue weighted by atomic mass is 16.5. The lowest BCUT2D eigenvalue weighted by atomic mass is 10.1. The summed E-state index contributed by atoms with van der Waals surface area (Å²) in [6.45, 7) is 5.99. The molecule has 0 aromatic heterocycles. The second kappa shape index (κ2) is 10.3. The lowest BCUT2D eigenvalue weighted by Crippen LogP contribution is -2.38. The zero-order chi connectivity index (χ0) is 20.5. The number of fused-ring (bicyclic) bond motifs is 1. The number of amides is 2. The van der Waals surface area contributed by atoms with E-state index in [9.17, 15) is 14.4 Å². The first kappa shape index (κ1) is 21.3. The number of hydrogen-bond donors (Lipinski definition) is 2. The third kappa shape index (κ3) is 6.29. The minimum atomic E-state index is -0.676. The summed E-state index contributed by atoms with van der Waals surface area (Å²) >= 11 is 0. The molecular formula is C20H26N2O6. The Morgan fingerprint density at radius 1 is 1.21 bits per heavy atom. The number of nitrogens with one attached hydrogen (secondary N) is 2.